The van der Waals surface area contributed by atoms with E-state index in [0.29, 0.717) is 11.8 Å². The van der Waals surface area contributed by atoms with Crippen LogP contribution in [0.3, 0.4) is 0 Å². The van der Waals surface area contributed by atoms with Crippen LogP contribution in [-0.4, -0.2) is 51.3 Å². The third-order valence-corrected chi connectivity index (χ3v) is 5.47. The Morgan fingerprint density at radius 2 is 1.85 bits per heavy atom. The van der Waals surface area contributed by atoms with E-state index >= 15 is 0 Å². The lowest BCUT2D eigenvalue weighted by molar-refractivity contribution is 0.121. The van der Waals surface area contributed by atoms with Crippen molar-refractivity contribution in [2.45, 2.75) is 30.8 Å². The Morgan fingerprint density at radius 1 is 1.07 bits per heavy atom. The molecule has 0 aliphatic carbocycles. The molecule has 1 atom stereocenters. The quantitative estimate of drug-likeness (QED) is 0.598. The van der Waals surface area contributed by atoms with Gasteiger partial charge in [0.2, 0.25) is 17.7 Å². The Kier molecular flexibility index (Phi) is 5.40. The number of nitrogens with zero attached hydrogens (tertiary/aromatic N) is 6. The molecule has 1 saturated heterocycles. The normalized spacial score (nSPS) is 15.9. The van der Waals surface area contributed by atoms with E-state index in [4.69, 9.17) is 9.15 Å². The molecule has 0 amide bonds. The average molecular weight is 386 g/mol. The predicted octanol–water partition coefficient (Wildman–Crippen LogP) is 3.04. The molecule has 0 spiro atoms. The lowest BCUT2D eigenvalue weighted by Gasteiger charge is -2.27. The first kappa shape index (κ1) is 18.0. The van der Waals surface area contributed by atoms with Crippen molar-refractivity contribution in [2.75, 3.05) is 31.2 Å². The maximum absolute atomic E-state index is 5.87. The summed E-state index contributed by atoms with van der Waals surface area (Å²) in [5, 5.41) is 18.0. The van der Waals surface area contributed by atoms with Gasteiger partial charge in [-0.15, -0.1) is 20.4 Å². The zero-order valence-electron chi connectivity index (χ0n) is 15.4. The van der Waals surface area contributed by atoms with Crippen LogP contribution in [-0.2, 0) is 11.3 Å². The molecule has 8 nitrogen and oxygen atoms in total. The lowest BCUT2D eigenvalue weighted by atomic mass is 10.2. The van der Waals surface area contributed by atoms with Crippen LogP contribution in [0.1, 0.15) is 25.0 Å². The number of anilines is 1. The molecule has 0 N–H and O–H groups in total. The molecular weight excluding hydrogens is 364 g/mol. The van der Waals surface area contributed by atoms with Gasteiger partial charge in [-0.2, -0.15) is 0 Å². The molecule has 0 radical (unpaired) electrons. The van der Waals surface area contributed by atoms with Gasteiger partial charge in [0.1, 0.15) is 0 Å². The Labute approximate surface area is 161 Å². The summed E-state index contributed by atoms with van der Waals surface area (Å²) >= 11 is 1.58. The topological polar surface area (TPSA) is 82.1 Å². The van der Waals surface area contributed by atoms with Crippen LogP contribution in [0.15, 0.2) is 39.9 Å². The van der Waals surface area contributed by atoms with E-state index in [-0.39, 0.29) is 5.25 Å². The molecular formula is C18H22N6O2S. The number of aromatic nitrogens is 5. The molecule has 9 heteroatoms. The molecule has 1 aliphatic rings. The number of rotatable bonds is 6. The van der Waals surface area contributed by atoms with E-state index in [9.17, 15) is 0 Å². The highest BCUT2D eigenvalue weighted by Crippen LogP contribution is 2.35. The fraction of sp³-hybridized carbons (Fsp3) is 0.444. The molecule has 2 aromatic heterocycles. The van der Waals surface area contributed by atoms with Crippen molar-refractivity contribution in [1.82, 2.24) is 25.0 Å². The summed E-state index contributed by atoms with van der Waals surface area (Å²) in [6.07, 6.45) is 0. The van der Waals surface area contributed by atoms with Crippen molar-refractivity contribution in [1.29, 1.82) is 0 Å². The maximum Gasteiger partial charge on any atom is 0.247 e. The predicted molar refractivity (Wildman–Crippen MR) is 103 cm³/mol. The second kappa shape index (κ2) is 8.10. The summed E-state index contributed by atoms with van der Waals surface area (Å²) in [7, 11) is 0. The summed E-state index contributed by atoms with van der Waals surface area (Å²) in [5.41, 5.74) is 0.916. The van der Waals surface area contributed by atoms with Gasteiger partial charge in [-0.1, -0.05) is 30.0 Å². The molecule has 1 fully saturated rings. The fourth-order valence-corrected chi connectivity index (χ4v) is 3.89. The summed E-state index contributed by atoms with van der Waals surface area (Å²) < 4.78 is 13.4. The highest BCUT2D eigenvalue weighted by Gasteiger charge is 2.23. The van der Waals surface area contributed by atoms with Crippen molar-refractivity contribution in [2.24, 2.45) is 0 Å². The van der Waals surface area contributed by atoms with Crippen molar-refractivity contribution < 1.29 is 9.15 Å². The number of hydrogen-bond donors (Lipinski definition) is 0. The molecule has 3 aromatic rings. The monoisotopic (exact) mass is 386 g/mol. The van der Waals surface area contributed by atoms with Crippen LogP contribution in [0, 0.1) is 0 Å². The highest BCUT2D eigenvalue weighted by atomic mass is 32.2. The Bertz CT molecular complexity index is 875. The minimum Gasteiger partial charge on any atom is -0.419 e. The minimum atomic E-state index is -0.0259. The van der Waals surface area contributed by atoms with Crippen LogP contribution < -0.4 is 4.90 Å². The zero-order valence-corrected chi connectivity index (χ0v) is 16.2. The third-order valence-electron chi connectivity index (χ3n) is 4.40. The second-order valence-corrected chi connectivity index (χ2v) is 7.51. The van der Waals surface area contributed by atoms with Gasteiger partial charge in [-0.05, 0) is 26.0 Å². The van der Waals surface area contributed by atoms with E-state index in [1.54, 1.807) is 11.8 Å². The van der Waals surface area contributed by atoms with Gasteiger partial charge in [0.25, 0.3) is 0 Å². The molecule has 0 saturated carbocycles. The van der Waals surface area contributed by atoms with Gasteiger partial charge >= 0.3 is 0 Å². The Morgan fingerprint density at radius 3 is 2.59 bits per heavy atom. The van der Waals surface area contributed by atoms with Gasteiger partial charge in [-0.3, -0.25) is 4.57 Å². The molecule has 142 valence electrons. The van der Waals surface area contributed by atoms with E-state index in [0.717, 1.165) is 49.5 Å². The SMILES string of the molecule is CCn1c(S[C@@H](C)c2nnc(-c3ccccc3)o2)nnc1N1CCOCC1. The van der Waals surface area contributed by atoms with E-state index in [2.05, 4.69) is 36.8 Å². The van der Waals surface area contributed by atoms with Crippen molar-refractivity contribution in [3.8, 4) is 11.5 Å². The highest BCUT2D eigenvalue weighted by molar-refractivity contribution is 7.99. The summed E-state index contributed by atoms with van der Waals surface area (Å²) in [5.74, 6) is 2.01. The fourth-order valence-electron chi connectivity index (χ4n) is 2.95. The van der Waals surface area contributed by atoms with Gasteiger partial charge in [0, 0.05) is 25.2 Å². The van der Waals surface area contributed by atoms with Crippen LogP contribution in [0.4, 0.5) is 5.95 Å². The number of ether oxygens (including phenoxy) is 1. The van der Waals surface area contributed by atoms with Gasteiger partial charge in [-0.25, -0.2) is 0 Å². The first-order valence-corrected chi connectivity index (χ1v) is 9.95. The first-order valence-electron chi connectivity index (χ1n) is 9.07. The van der Waals surface area contributed by atoms with Crippen LogP contribution in [0.2, 0.25) is 0 Å². The number of hydrogen-bond acceptors (Lipinski definition) is 8. The van der Waals surface area contributed by atoms with Crippen molar-refractivity contribution >= 4 is 17.7 Å². The summed E-state index contributed by atoms with van der Waals surface area (Å²) in [4.78, 5) is 2.22. The number of morpholine rings is 1. The van der Waals surface area contributed by atoms with E-state index in [1.165, 1.54) is 0 Å². The minimum absolute atomic E-state index is 0.0259. The second-order valence-electron chi connectivity index (χ2n) is 6.20. The number of thioether (sulfide) groups is 1. The molecule has 3 heterocycles. The number of benzene rings is 1. The standard InChI is InChI=1S/C18H22N6O2S/c1-3-24-17(23-9-11-25-12-10-23)21-22-18(24)27-13(2)15-19-20-16(26-15)14-7-5-4-6-8-14/h4-8,13H,3,9-12H2,1-2H3/t13-/m0/s1. The first-order chi connectivity index (χ1) is 13.3. The van der Waals surface area contributed by atoms with E-state index < -0.39 is 0 Å². The van der Waals surface area contributed by atoms with Crippen molar-refractivity contribution in [3.63, 3.8) is 0 Å². The zero-order chi connectivity index (χ0) is 18.6. The van der Waals surface area contributed by atoms with Gasteiger partial charge < -0.3 is 14.1 Å². The smallest absolute Gasteiger partial charge is 0.247 e. The van der Waals surface area contributed by atoms with Crippen LogP contribution in [0.5, 0.6) is 0 Å². The third kappa shape index (κ3) is 3.84. The molecule has 1 aromatic carbocycles. The molecule has 27 heavy (non-hydrogen) atoms. The average Bonchev–Trinajstić information content (AvgIpc) is 3.36. The molecule has 4 rings (SSSR count). The Hall–Kier alpha value is -2.39. The van der Waals surface area contributed by atoms with E-state index in [1.807, 2.05) is 37.3 Å². The summed E-state index contributed by atoms with van der Waals surface area (Å²) in [6, 6.07) is 9.78. The largest absolute Gasteiger partial charge is 0.419 e. The van der Waals surface area contributed by atoms with Crippen LogP contribution in [0.25, 0.3) is 11.5 Å². The maximum atomic E-state index is 5.87. The van der Waals surface area contributed by atoms with Crippen molar-refractivity contribution in [3.05, 3.63) is 36.2 Å². The van der Waals surface area contributed by atoms with Crippen LogP contribution >= 0.6 is 11.8 Å². The summed E-state index contributed by atoms with van der Waals surface area (Å²) in [6.45, 7) is 8.05. The Balaban J connectivity index is 1.50. The molecule has 1 aliphatic heterocycles. The molecule has 0 unspecified atom stereocenters. The van der Waals surface area contributed by atoms with Gasteiger partial charge in [0.15, 0.2) is 5.16 Å². The van der Waals surface area contributed by atoms with Gasteiger partial charge in [0.05, 0.1) is 18.5 Å². The lowest BCUT2D eigenvalue weighted by Crippen LogP contribution is -2.38. The molecule has 0 bridgehead atoms.